The van der Waals surface area contributed by atoms with Gasteiger partial charge in [0.05, 0.1) is 10.6 Å². The van der Waals surface area contributed by atoms with E-state index in [1.54, 1.807) is 27.6 Å². The molecular formula is C23H21Cl2FN5O2+. The average Bonchev–Trinajstić information content (AvgIpc) is 3.46. The maximum atomic E-state index is 14.6. The number of hydrogen-bond donors (Lipinski definition) is 2. The van der Waals surface area contributed by atoms with Crippen LogP contribution in [0, 0.1) is 5.82 Å². The third-order valence-electron chi connectivity index (χ3n) is 6.17. The summed E-state index contributed by atoms with van der Waals surface area (Å²) in [5.74, 6) is -0.875. The Balaban J connectivity index is 1.38. The van der Waals surface area contributed by atoms with E-state index in [1.807, 2.05) is 18.7 Å². The molecule has 0 radical (unpaired) electrons. The van der Waals surface area contributed by atoms with E-state index in [0.29, 0.717) is 42.3 Å². The normalized spacial score (nSPS) is 14.8. The van der Waals surface area contributed by atoms with Crippen LogP contribution in [0.25, 0.3) is 5.52 Å². The van der Waals surface area contributed by atoms with Gasteiger partial charge in [0.25, 0.3) is 11.5 Å². The lowest BCUT2D eigenvalue weighted by molar-refractivity contribution is -0.724. The lowest BCUT2D eigenvalue weighted by Gasteiger charge is -2.30. The molecule has 0 bridgehead atoms. The zero-order chi connectivity index (χ0) is 23.1. The Kier molecular flexibility index (Phi) is 5.72. The van der Waals surface area contributed by atoms with Crippen molar-refractivity contribution >= 4 is 34.6 Å². The van der Waals surface area contributed by atoms with E-state index in [9.17, 15) is 14.0 Å². The van der Waals surface area contributed by atoms with Crippen molar-refractivity contribution in [1.29, 1.82) is 0 Å². The molecule has 7 nitrogen and oxygen atoms in total. The van der Waals surface area contributed by atoms with E-state index >= 15 is 0 Å². The standard InChI is InChI=1S/C23H20Cl2FN5O2/c24-18-11-20-22(32)28-12-16(31(20)21(18)25)9-14-1-2-19(26)17(10-14)23(33)29-6-3-15(4-7-29)30-8-5-27-13-30/h1-2,5,8,10-13,15H,3-4,6-7,9H2,(H,28,32)/p+1. The molecule has 5 rings (SSSR count). The van der Waals surface area contributed by atoms with Gasteiger partial charge in [0.2, 0.25) is 6.33 Å². The highest BCUT2D eigenvalue weighted by Crippen LogP contribution is 2.27. The molecule has 2 N–H and O–H groups in total. The molecule has 0 spiro atoms. The summed E-state index contributed by atoms with van der Waals surface area (Å²) < 4.78 is 18.3. The number of nitrogens with one attached hydrogen (secondary N) is 2. The zero-order valence-electron chi connectivity index (χ0n) is 17.5. The number of piperidine rings is 1. The number of aromatic nitrogens is 4. The van der Waals surface area contributed by atoms with Gasteiger partial charge in [-0.3, -0.25) is 19.0 Å². The molecule has 1 saturated heterocycles. The van der Waals surface area contributed by atoms with E-state index in [4.69, 9.17) is 23.2 Å². The van der Waals surface area contributed by atoms with Crippen LogP contribution >= 0.6 is 23.2 Å². The second kappa shape index (κ2) is 8.68. The highest BCUT2D eigenvalue weighted by molar-refractivity contribution is 6.42. The van der Waals surface area contributed by atoms with E-state index in [-0.39, 0.29) is 27.2 Å². The topological polar surface area (TPSA) is 77.2 Å². The Morgan fingerprint density at radius 3 is 2.73 bits per heavy atom. The van der Waals surface area contributed by atoms with Gasteiger partial charge in [-0.1, -0.05) is 29.3 Å². The number of carbonyl (C=O) groups excluding carboxylic acids is 1. The second-order valence-electron chi connectivity index (χ2n) is 8.19. The lowest BCUT2D eigenvalue weighted by atomic mass is 10.0. The van der Waals surface area contributed by atoms with Crippen molar-refractivity contribution in [1.82, 2.24) is 19.3 Å². The molecule has 170 valence electrons. The van der Waals surface area contributed by atoms with Crippen LogP contribution in [0.2, 0.25) is 10.2 Å². The number of fused-ring (bicyclic) bond motifs is 1. The number of rotatable bonds is 4. The Labute approximate surface area is 198 Å². The van der Waals surface area contributed by atoms with Crippen LogP contribution in [-0.4, -0.2) is 38.3 Å². The molecule has 4 aromatic rings. The van der Waals surface area contributed by atoms with Crippen LogP contribution in [-0.2, 0) is 6.42 Å². The maximum Gasteiger partial charge on any atom is 0.272 e. The third kappa shape index (κ3) is 4.05. The molecule has 33 heavy (non-hydrogen) atoms. The van der Waals surface area contributed by atoms with Crippen LogP contribution in [0.4, 0.5) is 4.39 Å². The molecule has 0 unspecified atom stereocenters. The smallest absolute Gasteiger partial charge is 0.272 e. The molecule has 1 aliphatic heterocycles. The fraction of sp³-hybridized carbons (Fsp3) is 0.261. The first-order valence-electron chi connectivity index (χ1n) is 10.6. The number of likely N-dealkylation sites (tertiary alicyclic amines) is 1. The SMILES string of the molecule is O=C(c1cc(Cc2c[nH]c(=O)c3cc(Cl)c(Cl)n23)ccc1F)N1CCC([n+]2cc[nH]c2)CC1. The molecule has 10 heteroatoms. The predicted molar refractivity (Wildman–Crippen MR) is 122 cm³/mol. The summed E-state index contributed by atoms with van der Waals surface area (Å²) in [6.45, 7) is 1.12. The minimum absolute atomic E-state index is 0.0394. The average molecular weight is 489 g/mol. The van der Waals surface area contributed by atoms with Crippen LogP contribution < -0.4 is 10.1 Å². The molecule has 1 fully saturated rings. The van der Waals surface area contributed by atoms with E-state index < -0.39 is 5.82 Å². The Hall–Kier alpha value is -3.10. The van der Waals surface area contributed by atoms with Gasteiger partial charge < -0.3 is 9.88 Å². The van der Waals surface area contributed by atoms with Crippen molar-refractivity contribution in [3.8, 4) is 0 Å². The molecule has 0 atom stereocenters. The Bertz CT molecular complexity index is 1390. The highest BCUT2D eigenvalue weighted by atomic mass is 35.5. The highest BCUT2D eigenvalue weighted by Gasteiger charge is 2.28. The van der Waals surface area contributed by atoms with Crippen molar-refractivity contribution in [3.05, 3.63) is 92.4 Å². The summed E-state index contributed by atoms with van der Waals surface area (Å²) in [6.07, 6.45) is 9.22. The molecular weight excluding hydrogens is 468 g/mol. The molecule has 1 aliphatic rings. The fourth-order valence-electron chi connectivity index (χ4n) is 4.44. The first-order chi connectivity index (χ1) is 15.9. The molecule has 0 aliphatic carbocycles. The van der Waals surface area contributed by atoms with Crippen LogP contribution in [0.5, 0.6) is 0 Å². The van der Waals surface area contributed by atoms with Gasteiger partial charge in [0.1, 0.15) is 34.9 Å². The summed E-state index contributed by atoms with van der Waals surface area (Å²) in [5.41, 5.74) is 1.42. The minimum atomic E-state index is -0.556. The quantitative estimate of drug-likeness (QED) is 0.429. The zero-order valence-corrected chi connectivity index (χ0v) is 19.0. The minimum Gasteiger partial charge on any atom is -0.338 e. The Morgan fingerprint density at radius 2 is 2.00 bits per heavy atom. The first-order valence-corrected chi connectivity index (χ1v) is 11.4. The number of nitrogens with zero attached hydrogens (tertiary/aromatic N) is 3. The van der Waals surface area contributed by atoms with Crippen molar-refractivity contribution in [2.45, 2.75) is 25.3 Å². The lowest BCUT2D eigenvalue weighted by Crippen LogP contribution is -2.47. The van der Waals surface area contributed by atoms with Gasteiger partial charge in [0.15, 0.2) is 0 Å². The predicted octanol–water partition coefficient (Wildman–Crippen LogP) is 3.76. The molecule has 0 saturated carbocycles. The van der Waals surface area contributed by atoms with Gasteiger partial charge >= 0.3 is 0 Å². The van der Waals surface area contributed by atoms with Crippen LogP contribution in [0.3, 0.4) is 0 Å². The number of benzene rings is 1. The number of carbonyl (C=O) groups is 1. The van der Waals surface area contributed by atoms with Gasteiger partial charge in [-0.2, -0.15) is 0 Å². The van der Waals surface area contributed by atoms with Crippen molar-refractivity contribution < 1.29 is 13.8 Å². The first kappa shape index (κ1) is 21.7. The maximum absolute atomic E-state index is 14.6. The summed E-state index contributed by atoms with van der Waals surface area (Å²) in [5, 5.41) is 0.500. The molecule has 4 heterocycles. The van der Waals surface area contributed by atoms with Gasteiger partial charge in [-0.15, -0.1) is 0 Å². The number of hydrogen-bond acceptors (Lipinski definition) is 2. The molecule has 3 aromatic heterocycles. The Morgan fingerprint density at radius 1 is 1.21 bits per heavy atom. The van der Waals surface area contributed by atoms with Gasteiger partial charge in [0, 0.05) is 44.2 Å². The van der Waals surface area contributed by atoms with E-state index in [2.05, 4.69) is 14.5 Å². The summed E-state index contributed by atoms with van der Waals surface area (Å²) in [4.78, 5) is 32.6. The van der Waals surface area contributed by atoms with Crippen LogP contribution in [0.1, 0.15) is 40.5 Å². The number of halogens is 3. The van der Waals surface area contributed by atoms with Crippen LogP contribution in [0.15, 0.2) is 54.0 Å². The largest absolute Gasteiger partial charge is 0.338 e. The number of aromatic amines is 2. The number of imidazole rings is 1. The van der Waals surface area contributed by atoms with E-state index in [0.717, 1.165) is 12.8 Å². The summed E-state index contributed by atoms with van der Waals surface area (Å²) >= 11 is 12.4. The number of amides is 1. The molecule has 1 aromatic carbocycles. The second-order valence-corrected chi connectivity index (χ2v) is 8.95. The number of H-pyrrole nitrogens is 2. The third-order valence-corrected chi connectivity index (χ3v) is 6.93. The fourth-order valence-corrected chi connectivity index (χ4v) is 4.89. The monoisotopic (exact) mass is 488 g/mol. The van der Waals surface area contributed by atoms with Gasteiger partial charge in [-0.05, 0) is 23.8 Å². The summed E-state index contributed by atoms with van der Waals surface area (Å²) in [7, 11) is 0. The molecule has 1 amide bonds. The summed E-state index contributed by atoms with van der Waals surface area (Å²) in [6, 6.07) is 6.31. The van der Waals surface area contributed by atoms with E-state index in [1.165, 1.54) is 12.1 Å². The van der Waals surface area contributed by atoms with Gasteiger partial charge in [-0.25, -0.2) is 8.96 Å². The van der Waals surface area contributed by atoms with Crippen molar-refractivity contribution in [2.24, 2.45) is 0 Å². The van der Waals surface area contributed by atoms with Crippen molar-refractivity contribution in [2.75, 3.05) is 13.1 Å². The van der Waals surface area contributed by atoms with Crippen molar-refractivity contribution in [3.63, 3.8) is 0 Å².